The predicted octanol–water partition coefficient (Wildman–Crippen LogP) is 5.75. The largest absolute Gasteiger partial charge is 0.328 e. The van der Waals surface area contributed by atoms with E-state index in [-0.39, 0.29) is 16.9 Å². The second-order valence-corrected chi connectivity index (χ2v) is 11.0. The number of nitro groups is 1. The second kappa shape index (κ2) is 8.64. The highest BCUT2D eigenvalue weighted by Gasteiger charge is 2.42. The van der Waals surface area contributed by atoms with Crippen molar-refractivity contribution in [2.75, 3.05) is 5.32 Å². The summed E-state index contributed by atoms with van der Waals surface area (Å²) in [5.41, 5.74) is 5.54. The number of fused-ring (bicyclic) bond motifs is 1. The number of thioether (sulfide) groups is 1. The van der Waals surface area contributed by atoms with Crippen molar-refractivity contribution in [1.29, 1.82) is 0 Å². The normalized spacial score (nSPS) is 18.6. The van der Waals surface area contributed by atoms with Gasteiger partial charge in [-0.05, 0) is 42.4 Å². The van der Waals surface area contributed by atoms with E-state index < -0.39 is 11.0 Å². The summed E-state index contributed by atoms with van der Waals surface area (Å²) in [6.07, 6.45) is 1.11. The number of allylic oxidation sites excluding steroid dienone is 2. The summed E-state index contributed by atoms with van der Waals surface area (Å²) in [5, 5.41) is 20.2. The van der Waals surface area contributed by atoms with Crippen molar-refractivity contribution in [3.05, 3.63) is 86.1 Å². The molecule has 0 fully saturated rings. The number of carbonyl (C=O) groups excluding carboxylic acids is 1. The lowest BCUT2D eigenvalue weighted by Gasteiger charge is -2.38. The van der Waals surface area contributed by atoms with Crippen molar-refractivity contribution in [2.24, 2.45) is 5.41 Å². The number of aryl methyl sites for hydroxylation is 2. The lowest BCUT2D eigenvalue weighted by Crippen LogP contribution is -2.36. The van der Waals surface area contributed by atoms with E-state index in [1.54, 1.807) is 10.7 Å². The Morgan fingerprint density at radius 1 is 1.20 bits per heavy atom. The Morgan fingerprint density at radius 3 is 2.77 bits per heavy atom. The van der Waals surface area contributed by atoms with Crippen molar-refractivity contribution < 1.29 is 9.72 Å². The fraction of sp³-hybridized carbons (Fsp3) is 0.346. The van der Waals surface area contributed by atoms with Crippen LogP contribution in [0.3, 0.4) is 0 Å². The molecular weight excluding hydrogens is 462 g/mol. The standard InChI is InChI=1S/C26H27N5O3S/c1-15-8-9-16(2)18(10-15)14-35-25-28-24-27-20-12-26(3,4)13-21(32)22(20)23(30(24)29-25)17-6-5-7-19(11-17)31(33)34/h5-11,23H,12-14H2,1-4H3,(H,27,28,29)/t23-/m0/s1. The summed E-state index contributed by atoms with van der Waals surface area (Å²) >= 11 is 1.53. The maximum Gasteiger partial charge on any atom is 0.269 e. The van der Waals surface area contributed by atoms with Gasteiger partial charge in [0.05, 0.1) is 4.92 Å². The van der Waals surface area contributed by atoms with Gasteiger partial charge >= 0.3 is 0 Å². The lowest BCUT2D eigenvalue weighted by atomic mass is 9.73. The van der Waals surface area contributed by atoms with Gasteiger partial charge in [-0.15, -0.1) is 5.10 Å². The number of hydrogen-bond acceptors (Lipinski definition) is 7. The van der Waals surface area contributed by atoms with E-state index in [1.807, 2.05) is 6.07 Å². The van der Waals surface area contributed by atoms with Crippen LogP contribution in [0, 0.1) is 29.4 Å². The highest BCUT2D eigenvalue weighted by atomic mass is 32.2. The van der Waals surface area contributed by atoms with Gasteiger partial charge in [0, 0.05) is 35.6 Å². The van der Waals surface area contributed by atoms with Crippen LogP contribution < -0.4 is 5.32 Å². The van der Waals surface area contributed by atoms with Crippen LogP contribution in [-0.4, -0.2) is 25.5 Å². The Labute approximate surface area is 208 Å². The third-order valence-electron chi connectivity index (χ3n) is 6.57. The highest BCUT2D eigenvalue weighted by Crippen LogP contribution is 2.46. The molecule has 9 heteroatoms. The molecule has 0 bridgehead atoms. The van der Waals surface area contributed by atoms with Gasteiger partial charge in [0.25, 0.3) is 5.69 Å². The molecule has 2 aromatic carbocycles. The Bertz CT molecular complexity index is 1390. The second-order valence-electron chi connectivity index (χ2n) is 10.1. The van der Waals surface area contributed by atoms with E-state index in [1.165, 1.54) is 40.6 Å². The van der Waals surface area contributed by atoms with Crippen LogP contribution in [0.2, 0.25) is 0 Å². The predicted molar refractivity (Wildman–Crippen MR) is 135 cm³/mol. The Hall–Kier alpha value is -3.46. The van der Waals surface area contributed by atoms with Crippen molar-refractivity contribution >= 4 is 29.2 Å². The smallest absolute Gasteiger partial charge is 0.269 e. The first-order valence-corrected chi connectivity index (χ1v) is 12.5. The van der Waals surface area contributed by atoms with Crippen LogP contribution in [0.1, 0.15) is 55.0 Å². The summed E-state index contributed by atoms with van der Waals surface area (Å²) in [7, 11) is 0. The van der Waals surface area contributed by atoms with E-state index in [0.29, 0.717) is 35.1 Å². The maximum atomic E-state index is 13.3. The average molecular weight is 490 g/mol. The van der Waals surface area contributed by atoms with Gasteiger partial charge in [0.1, 0.15) is 6.04 Å². The van der Waals surface area contributed by atoms with Gasteiger partial charge in [-0.25, -0.2) is 4.68 Å². The fourth-order valence-electron chi connectivity index (χ4n) is 4.87. The highest BCUT2D eigenvalue weighted by molar-refractivity contribution is 7.98. The molecule has 8 nitrogen and oxygen atoms in total. The molecule has 0 spiro atoms. The number of ketones is 1. The number of benzene rings is 2. The Morgan fingerprint density at radius 2 is 2.00 bits per heavy atom. The first-order chi connectivity index (χ1) is 16.6. The zero-order valence-electron chi connectivity index (χ0n) is 20.2. The molecule has 0 saturated carbocycles. The number of non-ortho nitro benzene ring substituents is 1. The number of nitrogens with one attached hydrogen (secondary N) is 1. The van der Waals surface area contributed by atoms with Crippen LogP contribution in [0.25, 0.3) is 0 Å². The van der Waals surface area contributed by atoms with Crippen LogP contribution in [0.15, 0.2) is 58.9 Å². The number of Topliss-reactive ketones (excluding diaryl/α,β-unsaturated/α-hetero) is 1. The van der Waals surface area contributed by atoms with E-state index in [9.17, 15) is 14.9 Å². The molecule has 2 aliphatic rings. The molecule has 1 N–H and O–H groups in total. The Balaban J connectivity index is 1.55. The molecule has 35 heavy (non-hydrogen) atoms. The molecular formula is C26H27N5O3S. The molecule has 0 radical (unpaired) electrons. The molecule has 0 saturated heterocycles. The number of carbonyl (C=O) groups is 1. The topological polar surface area (TPSA) is 103 Å². The quantitative estimate of drug-likeness (QED) is 0.276. The van der Waals surface area contributed by atoms with Crippen LogP contribution in [-0.2, 0) is 10.5 Å². The number of rotatable bonds is 5. The first-order valence-electron chi connectivity index (χ1n) is 11.5. The maximum absolute atomic E-state index is 13.3. The van der Waals surface area contributed by atoms with Gasteiger partial charge in [-0.1, -0.05) is 61.5 Å². The van der Waals surface area contributed by atoms with Crippen molar-refractivity contribution in [3.63, 3.8) is 0 Å². The zero-order valence-corrected chi connectivity index (χ0v) is 21.0. The SMILES string of the molecule is Cc1ccc(C)c(CSc2nc3n(n2)[C@@H](c2cccc([N+](=O)[O-])c2)C2=C(CC(C)(C)CC2=O)N3)c1. The van der Waals surface area contributed by atoms with Crippen LogP contribution in [0.4, 0.5) is 11.6 Å². The molecule has 0 amide bonds. The van der Waals surface area contributed by atoms with Crippen LogP contribution >= 0.6 is 11.8 Å². The molecule has 5 rings (SSSR count). The zero-order chi connectivity index (χ0) is 24.9. The molecule has 2 heterocycles. The van der Waals surface area contributed by atoms with Gasteiger partial charge in [0.15, 0.2) is 5.78 Å². The van der Waals surface area contributed by atoms with Gasteiger partial charge in [-0.2, -0.15) is 4.98 Å². The van der Waals surface area contributed by atoms with Crippen LogP contribution in [0.5, 0.6) is 0 Å². The third-order valence-corrected chi connectivity index (χ3v) is 7.46. The van der Waals surface area contributed by atoms with E-state index >= 15 is 0 Å². The van der Waals surface area contributed by atoms with Gasteiger partial charge in [-0.3, -0.25) is 14.9 Å². The molecule has 0 unspecified atom stereocenters. The molecule has 1 atom stereocenters. The number of aromatic nitrogens is 3. The van der Waals surface area contributed by atoms with Gasteiger partial charge in [0.2, 0.25) is 11.1 Å². The number of anilines is 1. The third kappa shape index (κ3) is 4.48. The summed E-state index contributed by atoms with van der Waals surface area (Å²) in [6, 6.07) is 12.3. The minimum Gasteiger partial charge on any atom is -0.328 e. The minimum atomic E-state index is -0.563. The number of nitro benzene ring substituents is 1. The summed E-state index contributed by atoms with van der Waals surface area (Å²) < 4.78 is 1.71. The van der Waals surface area contributed by atoms with Crippen molar-refractivity contribution in [3.8, 4) is 0 Å². The first kappa shape index (κ1) is 23.3. The van der Waals surface area contributed by atoms with Crippen molar-refractivity contribution in [2.45, 2.75) is 57.5 Å². The summed E-state index contributed by atoms with van der Waals surface area (Å²) in [5.74, 6) is 1.30. The molecule has 1 aliphatic carbocycles. The lowest BCUT2D eigenvalue weighted by molar-refractivity contribution is -0.384. The monoisotopic (exact) mass is 489 g/mol. The fourth-order valence-corrected chi connectivity index (χ4v) is 5.76. The van der Waals surface area contributed by atoms with Crippen molar-refractivity contribution in [1.82, 2.24) is 14.8 Å². The number of nitrogens with zero attached hydrogens (tertiary/aromatic N) is 4. The molecule has 3 aromatic rings. The van der Waals surface area contributed by atoms with E-state index in [4.69, 9.17) is 10.1 Å². The summed E-state index contributed by atoms with van der Waals surface area (Å²) in [6.45, 7) is 8.31. The molecule has 1 aliphatic heterocycles. The summed E-state index contributed by atoms with van der Waals surface area (Å²) in [4.78, 5) is 29.1. The molecule has 180 valence electrons. The minimum absolute atomic E-state index is 0.0158. The Kier molecular flexibility index (Phi) is 5.75. The average Bonchev–Trinajstić information content (AvgIpc) is 3.20. The van der Waals surface area contributed by atoms with E-state index in [2.05, 4.69) is 51.2 Å². The number of hydrogen-bond donors (Lipinski definition) is 1. The molecule has 1 aromatic heterocycles. The van der Waals surface area contributed by atoms with E-state index in [0.717, 1.165) is 11.4 Å². The van der Waals surface area contributed by atoms with Gasteiger partial charge < -0.3 is 5.32 Å².